The van der Waals surface area contributed by atoms with Gasteiger partial charge in [0.05, 0.1) is 5.56 Å². The van der Waals surface area contributed by atoms with Crippen LogP contribution in [0.3, 0.4) is 0 Å². The van der Waals surface area contributed by atoms with Gasteiger partial charge in [0.1, 0.15) is 5.75 Å². The molecule has 1 heterocycles. The number of carbonyl (C=O) groups is 1. The first kappa shape index (κ1) is 12.1. The second-order valence-corrected chi connectivity index (χ2v) is 3.56. The van der Waals surface area contributed by atoms with Gasteiger partial charge in [-0.3, -0.25) is 0 Å². The van der Waals surface area contributed by atoms with E-state index >= 15 is 0 Å². The zero-order valence-corrected chi connectivity index (χ0v) is 9.79. The second-order valence-electron chi connectivity index (χ2n) is 3.56. The predicted molar refractivity (Wildman–Crippen MR) is 61.4 cm³/mol. The summed E-state index contributed by atoms with van der Waals surface area (Å²) in [5.74, 6) is 0.547. The molecule has 0 aliphatic rings. The highest BCUT2D eigenvalue weighted by Gasteiger charge is 2.06. The summed E-state index contributed by atoms with van der Waals surface area (Å²) in [6, 6.07) is 6.12. The number of carboxylic acid groups (broad SMARTS) is 1. The van der Waals surface area contributed by atoms with Crippen molar-refractivity contribution in [2.75, 3.05) is 0 Å². The van der Waals surface area contributed by atoms with Crippen LogP contribution in [-0.4, -0.2) is 21.3 Å². The minimum atomic E-state index is -0.967. The molecule has 2 rings (SSSR count). The maximum absolute atomic E-state index is 10.7. The molecule has 94 valence electrons. The van der Waals surface area contributed by atoms with Crippen LogP contribution in [0.4, 0.5) is 0 Å². The van der Waals surface area contributed by atoms with Crippen molar-refractivity contribution in [1.82, 2.24) is 10.2 Å². The van der Waals surface area contributed by atoms with Crippen LogP contribution in [0.25, 0.3) is 0 Å². The van der Waals surface area contributed by atoms with Gasteiger partial charge in [-0.25, -0.2) is 4.79 Å². The van der Waals surface area contributed by atoms with Crippen LogP contribution in [0.2, 0.25) is 0 Å². The summed E-state index contributed by atoms with van der Waals surface area (Å²) in [5, 5.41) is 16.4. The molecule has 0 unspecified atom stereocenters. The van der Waals surface area contributed by atoms with E-state index in [4.69, 9.17) is 14.3 Å². The topological polar surface area (TPSA) is 85.5 Å². The predicted octanol–water partition coefficient (Wildman–Crippen LogP) is 1.91. The molecule has 0 aliphatic heterocycles. The van der Waals surface area contributed by atoms with E-state index in [0.717, 1.165) is 0 Å². The quantitative estimate of drug-likeness (QED) is 0.869. The lowest BCUT2D eigenvalue weighted by Gasteiger charge is -2.03. The SMILES string of the molecule is CCc1nnc(COc2ccc(C(=O)O)cc2)o1. The van der Waals surface area contributed by atoms with E-state index in [1.165, 1.54) is 12.1 Å². The second kappa shape index (κ2) is 5.31. The molecule has 0 saturated heterocycles. The van der Waals surface area contributed by atoms with Crippen LogP contribution < -0.4 is 4.74 Å². The Bertz CT molecular complexity index is 533. The Morgan fingerprint density at radius 2 is 1.94 bits per heavy atom. The smallest absolute Gasteiger partial charge is 0.335 e. The highest BCUT2D eigenvalue weighted by Crippen LogP contribution is 2.14. The van der Waals surface area contributed by atoms with Crippen molar-refractivity contribution < 1.29 is 19.1 Å². The van der Waals surface area contributed by atoms with Gasteiger partial charge in [0.15, 0.2) is 6.61 Å². The third-order valence-corrected chi connectivity index (χ3v) is 2.27. The molecule has 0 atom stereocenters. The lowest BCUT2D eigenvalue weighted by molar-refractivity contribution is 0.0697. The molecule has 0 amide bonds. The zero-order valence-electron chi connectivity index (χ0n) is 9.79. The van der Waals surface area contributed by atoms with E-state index in [1.807, 2.05) is 6.92 Å². The third-order valence-electron chi connectivity index (χ3n) is 2.27. The molecule has 0 fully saturated rings. The van der Waals surface area contributed by atoms with Gasteiger partial charge in [0.2, 0.25) is 5.89 Å². The lowest BCUT2D eigenvalue weighted by atomic mass is 10.2. The van der Waals surface area contributed by atoms with Crippen LogP contribution in [0.5, 0.6) is 5.75 Å². The van der Waals surface area contributed by atoms with Gasteiger partial charge >= 0.3 is 5.97 Å². The van der Waals surface area contributed by atoms with Crippen LogP contribution in [0, 0.1) is 0 Å². The Kier molecular flexibility index (Phi) is 3.57. The van der Waals surface area contributed by atoms with Gasteiger partial charge in [-0.15, -0.1) is 10.2 Å². The van der Waals surface area contributed by atoms with Crippen molar-refractivity contribution in [3.8, 4) is 5.75 Å². The molecular formula is C12H12N2O4. The fraction of sp³-hybridized carbons (Fsp3) is 0.250. The molecule has 0 aliphatic carbocycles. The first-order chi connectivity index (χ1) is 8.69. The summed E-state index contributed by atoms with van der Waals surface area (Å²) >= 11 is 0. The number of aryl methyl sites for hydroxylation is 1. The Morgan fingerprint density at radius 3 is 2.50 bits per heavy atom. The summed E-state index contributed by atoms with van der Waals surface area (Å²) in [7, 11) is 0. The fourth-order valence-electron chi connectivity index (χ4n) is 1.33. The number of benzene rings is 1. The fourth-order valence-corrected chi connectivity index (χ4v) is 1.33. The molecule has 18 heavy (non-hydrogen) atoms. The Balaban J connectivity index is 1.95. The van der Waals surface area contributed by atoms with E-state index in [0.29, 0.717) is 24.0 Å². The molecule has 0 radical (unpaired) electrons. The molecule has 6 heteroatoms. The minimum Gasteiger partial charge on any atom is -0.484 e. The summed E-state index contributed by atoms with van der Waals surface area (Å²) < 4.78 is 10.7. The van der Waals surface area contributed by atoms with E-state index in [2.05, 4.69) is 10.2 Å². The monoisotopic (exact) mass is 248 g/mol. The highest BCUT2D eigenvalue weighted by molar-refractivity contribution is 5.87. The molecule has 2 aromatic rings. The van der Waals surface area contributed by atoms with E-state index in [9.17, 15) is 4.79 Å². The number of aromatic nitrogens is 2. The first-order valence-electron chi connectivity index (χ1n) is 5.46. The average molecular weight is 248 g/mol. The number of hydrogen-bond donors (Lipinski definition) is 1. The van der Waals surface area contributed by atoms with Gasteiger partial charge in [-0.05, 0) is 24.3 Å². The zero-order chi connectivity index (χ0) is 13.0. The van der Waals surface area contributed by atoms with Crippen LogP contribution in [0.1, 0.15) is 29.1 Å². The largest absolute Gasteiger partial charge is 0.484 e. The lowest BCUT2D eigenvalue weighted by Crippen LogP contribution is -1.98. The molecule has 1 aromatic heterocycles. The molecule has 1 aromatic carbocycles. The third kappa shape index (κ3) is 2.85. The Labute approximate surface area is 103 Å². The van der Waals surface area contributed by atoms with Gasteiger partial charge in [0, 0.05) is 6.42 Å². The summed E-state index contributed by atoms with van der Waals surface area (Å²) in [6.45, 7) is 2.09. The maximum Gasteiger partial charge on any atom is 0.335 e. The molecular weight excluding hydrogens is 236 g/mol. The summed E-state index contributed by atoms with van der Waals surface area (Å²) in [5.41, 5.74) is 0.216. The number of hydrogen-bond acceptors (Lipinski definition) is 5. The molecule has 1 N–H and O–H groups in total. The van der Waals surface area contributed by atoms with Gasteiger partial charge in [-0.2, -0.15) is 0 Å². The average Bonchev–Trinajstić information content (AvgIpc) is 2.85. The van der Waals surface area contributed by atoms with Crippen LogP contribution >= 0.6 is 0 Å². The van der Waals surface area contributed by atoms with E-state index < -0.39 is 5.97 Å². The van der Waals surface area contributed by atoms with Gasteiger partial charge < -0.3 is 14.3 Å². The van der Waals surface area contributed by atoms with Crippen molar-refractivity contribution in [2.45, 2.75) is 20.0 Å². The summed E-state index contributed by atoms with van der Waals surface area (Å²) in [6.07, 6.45) is 0.681. The van der Waals surface area contributed by atoms with Crippen molar-refractivity contribution in [1.29, 1.82) is 0 Å². The van der Waals surface area contributed by atoms with Crippen molar-refractivity contribution >= 4 is 5.97 Å². The standard InChI is InChI=1S/C12H12N2O4/c1-2-10-13-14-11(18-10)7-17-9-5-3-8(4-6-9)12(15)16/h3-6H,2,7H2,1H3,(H,15,16). The van der Waals surface area contributed by atoms with Gasteiger partial charge in [0.25, 0.3) is 5.89 Å². The maximum atomic E-state index is 10.7. The summed E-state index contributed by atoms with van der Waals surface area (Å²) in [4.78, 5) is 10.7. The van der Waals surface area contributed by atoms with E-state index in [-0.39, 0.29) is 12.2 Å². The highest BCUT2D eigenvalue weighted by atomic mass is 16.5. The van der Waals surface area contributed by atoms with Crippen molar-refractivity contribution in [2.24, 2.45) is 0 Å². The van der Waals surface area contributed by atoms with Crippen molar-refractivity contribution in [3.63, 3.8) is 0 Å². The number of nitrogens with zero attached hydrogens (tertiary/aromatic N) is 2. The molecule has 0 spiro atoms. The number of carboxylic acids is 1. The van der Waals surface area contributed by atoms with E-state index in [1.54, 1.807) is 12.1 Å². The first-order valence-corrected chi connectivity index (χ1v) is 5.46. The van der Waals surface area contributed by atoms with Crippen molar-refractivity contribution in [3.05, 3.63) is 41.6 Å². The molecule has 0 bridgehead atoms. The normalized spacial score (nSPS) is 10.3. The number of ether oxygens (including phenoxy) is 1. The van der Waals surface area contributed by atoms with Crippen LogP contribution in [0.15, 0.2) is 28.7 Å². The van der Waals surface area contributed by atoms with Crippen LogP contribution in [-0.2, 0) is 13.0 Å². The van der Waals surface area contributed by atoms with Gasteiger partial charge in [-0.1, -0.05) is 6.92 Å². The number of rotatable bonds is 5. The Morgan fingerprint density at radius 1 is 1.28 bits per heavy atom. The minimum absolute atomic E-state index is 0.166. The number of aromatic carboxylic acids is 1. The molecule has 6 nitrogen and oxygen atoms in total. The Hall–Kier alpha value is -2.37. The molecule has 0 saturated carbocycles.